The molecule has 1 fully saturated rings. The predicted octanol–water partition coefficient (Wildman–Crippen LogP) is 4.21. The Morgan fingerprint density at radius 3 is 2.35 bits per heavy atom. The lowest BCUT2D eigenvalue weighted by Gasteiger charge is -2.10. The smallest absolute Gasteiger partial charge is 0.224 e. The fourth-order valence-electron chi connectivity index (χ4n) is 3.03. The number of carbonyl (C=O) groups is 1. The highest BCUT2D eigenvalue weighted by Gasteiger charge is 2.15. The van der Waals surface area contributed by atoms with Crippen LogP contribution in [0.25, 0.3) is 0 Å². The van der Waals surface area contributed by atoms with Crippen molar-refractivity contribution in [3.8, 4) is 17.2 Å². The van der Waals surface area contributed by atoms with Gasteiger partial charge >= 0.3 is 0 Å². The first kappa shape index (κ1) is 18.3. The van der Waals surface area contributed by atoms with Crippen LogP contribution in [-0.2, 0) is 4.79 Å². The normalized spacial score (nSPS) is 16.3. The lowest BCUT2D eigenvalue weighted by molar-refractivity contribution is -0.116. The number of ether oxygens (including phenoxy) is 2. The average molecular weight is 354 g/mol. The van der Waals surface area contributed by atoms with Gasteiger partial charge in [0.05, 0.1) is 6.61 Å². The molecule has 1 heterocycles. The molecule has 1 aliphatic heterocycles. The third kappa shape index (κ3) is 5.49. The number of rotatable bonds is 8. The van der Waals surface area contributed by atoms with Gasteiger partial charge in [-0.3, -0.25) is 4.79 Å². The minimum atomic E-state index is 0.0667. The summed E-state index contributed by atoms with van der Waals surface area (Å²) in [5.74, 6) is 2.99. The average Bonchev–Trinajstić information content (AvgIpc) is 3.17. The van der Waals surface area contributed by atoms with Gasteiger partial charge in [-0.15, -0.1) is 0 Å². The van der Waals surface area contributed by atoms with Gasteiger partial charge in [0.2, 0.25) is 5.91 Å². The number of nitrogens with one attached hydrogen (secondary N) is 2. The van der Waals surface area contributed by atoms with Crippen LogP contribution in [0.3, 0.4) is 0 Å². The number of carbonyl (C=O) groups excluding carboxylic acids is 1. The molecule has 1 amide bonds. The maximum atomic E-state index is 12.1. The Bertz CT molecular complexity index is 692. The maximum absolute atomic E-state index is 12.1. The standard InChI is InChI=1S/C21H26N2O3/c1-2-25-18-8-10-20(11-9-18)26-19-6-4-17(5-7-19)23-21(24)12-3-16-13-14-22-15-16/h4-11,16,22H,2-3,12-15H2,1H3,(H,23,24). The van der Waals surface area contributed by atoms with Crippen LogP contribution in [0.2, 0.25) is 0 Å². The zero-order valence-electron chi connectivity index (χ0n) is 15.2. The minimum Gasteiger partial charge on any atom is -0.494 e. The third-order valence-electron chi connectivity index (χ3n) is 4.45. The van der Waals surface area contributed by atoms with Crippen molar-refractivity contribution >= 4 is 11.6 Å². The van der Waals surface area contributed by atoms with Gasteiger partial charge in [0.1, 0.15) is 17.2 Å². The summed E-state index contributed by atoms with van der Waals surface area (Å²) >= 11 is 0. The van der Waals surface area contributed by atoms with Crippen LogP contribution in [0.15, 0.2) is 48.5 Å². The molecule has 1 saturated heterocycles. The Morgan fingerprint density at radius 1 is 1.08 bits per heavy atom. The van der Waals surface area contributed by atoms with E-state index in [0.29, 0.717) is 18.9 Å². The molecule has 2 N–H and O–H groups in total. The second kappa shape index (κ2) is 9.25. The summed E-state index contributed by atoms with van der Waals surface area (Å²) in [5, 5.41) is 6.28. The van der Waals surface area contributed by atoms with E-state index < -0.39 is 0 Å². The number of hydrogen-bond donors (Lipinski definition) is 2. The van der Waals surface area contributed by atoms with E-state index in [1.54, 1.807) is 0 Å². The van der Waals surface area contributed by atoms with Crippen molar-refractivity contribution in [1.29, 1.82) is 0 Å². The van der Waals surface area contributed by atoms with E-state index in [-0.39, 0.29) is 5.91 Å². The maximum Gasteiger partial charge on any atom is 0.224 e. The van der Waals surface area contributed by atoms with Crippen molar-refractivity contribution in [3.05, 3.63) is 48.5 Å². The molecule has 26 heavy (non-hydrogen) atoms. The molecule has 1 unspecified atom stereocenters. The van der Waals surface area contributed by atoms with E-state index in [0.717, 1.165) is 42.4 Å². The summed E-state index contributed by atoms with van der Waals surface area (Å²) in [7, 11) is 0. The van der Waals surface area contributed by atoms with E-state index >= 15 is 0 Å². The SMILES string of the molecule is CCOc1ccc(Oc2ccc(NC(=O)CCC3CCNC3)cc2)cc1. The molecule has 2 aromatic carbocycles. The summed E-state index contributed by atoms with van der Waals surface area (Å²) in [6.45, 7) is 4.70. The molecule has 0 radical (unpaired) electrons. The molecule has 0 bridgehead atoms. The Kier molecular flexibility index (Phi) is 6.50. The summed E-state index contributed by atoms with van der Waals surface area (Å²) in [5.41, 5.74) is 0.790. The van der Waals surface area contributed by atoms with Gasteiger partial charge in [0.25, 0.3) is 0 Å². The van der Waals surface area contributed by atoms with Crippen LogP contribution in [0.1, 0.15) is 26.2 Å². The number of anilines is 1. The third-order valence-corrected chi connectivity index (χ3v) is 4.45. The van der Waals surface area contributed by atoms with Crippen LogP contribution in [0.5, 0.6) is 17.2 Å². The highest BCUT2D eigenvalue weighted by molar-refractivity contribution is 5.90. The van der Waals surface area contributed by atoms with Crippen molar-refractivity contribution in [2.45, 2.75) is 26.2 Å². The first-order chi connectivity index (χ1) is 12.7. The predicted molar refractivity (Wildman–Crippen MR) is 103 cm³/mol. The summed E-state index contributed by atoms with van der Waals surface area (Å²) in [6.07, 6.45) is 2.68. The van der Waals surface area contributed by atoms with Crippen LogP contribution >= 0.6 is 0 Å². The molecule has 5 nitrogen and oxygen atoms in total. The van der Waals surface area contributed by atoms with Crippen LogP contribution in [0.4, 0.5) is 5.69 Å². The summed E-state index contributed by atoms with van der Waals surface area (Å²) in [6, 6.07) is 14.9. The van der Waals surface area contributed by atoms with Crippen molar-refractivity contribution in [2.75, 3.05) is 25.0 Å². The molecule has 138 valence electrons. The van der Waals surface area contributed by atoms with Crippen molar-refractivity contribution < 1.29 is 14.3 Å². The molecule has 0 spiro atoms. The second-order valence-corrected chi connectivity index (χ2v) is 6.48. The summed E-state index contributed by atoms with van der Waals surface area (Å²) in [4.78, 5) is 12.1. The summed E-state index contributed by atoms with van der Waals surface area (Å²) < 4.78 is 11.2. The van der Waals surface area contributed by atoms with Gasteiger partial charge in [-0.1, -0.05) is 0 Å². The van der Waals surface area contributed by atoms with E-state index in [9.17, 15) is 4.79 Å². The van der Waals surface area contributed by atoms with E-state index in [4.69, 9.17) is 9.47 Å². The Balaban J connectivity index is 1.47. The molecule has 1 atom stereocenters. The molecule has 0 aromatic heterocycles. The van der Waals surface area contributed by atoms with E-state index in [2.05, 4.69) is 10.6 Å². The molecule has 2 aromatic rings. The van der Waals surface area contributed by atoms with Gasteiger partial charge in [-0.2, -0.15) is 0 Å². The van der Waals surface area contributed by atoms with Crippen molar-refractivity contribution in [1.82, 2.24) is 5.32 Å². The second-order valence-electron chi connectivity index (χ2n) is 6.48. The Morgan fingerprint density at radius 2 is 1.73 bits per heavy atom. The lowest BCUT2D eigenvalue weighted by Crippen LogP contribution is -2.14. The lowest BCUT2D eigenvalue weighted by atomic mass is 10.0. The zero-order valence-corrected chi connectivity index (χ0v) is 15.2. The van der Waals surface area contributed by atoms with Gasteiger partial charge in [-0.25, -0.2) is 0 Å². The first-order valence-corrected chi connectivity index (χ1v) is 9.24. The number of amides is 1. The zero-order chi connectivity index (χ0) is 18.2. The highest BCUT2D eigenvalue weighted by atomic mass is 16.5. The fourth-order valence-corrected chi connectivity index (χ4v) is 3.03. The van der Waals surface area contributed by atoms with E-state index in [1.165, 1.54) is 6.42 Å². The molecular weight excluding hydrogens is 328 g/mol. The molecular formula is C21H26N2O3. The van der Waals surface area contributed by atoms with Gasteiger partial charge in [-0.05, 0) is 87.3 Å². The Hall–Kier alpha value is -2.53. The monoisotopic (exact) mass is 354 g/mol. The van der Waals surface area contributed by atoms with Crippen LogP contribution in [0, 0.1) is 5.92 Å². The fraction of sp³-hybridized carbons (Fsp3) is 0.381. The molecule has 0 aliphatic carbocycles. The van der Waals surface area contributed by atoms with Crippen molar-refractivity contribution in [2.24, 2.45) is 5.92 Å². The molecule has 0 saturated carbocycles. The Labute approximate surface area is 154 Å². The van der Waals surface area contributed by atoms with Gasteiger partial charge < -0.3 is 20.1 Å². The van der Waals surface area contributed by atoms with Gasteiger partial charge in [0.15, 0.2) is 0 Å². The molecule has 1 aliphatic rings. The molecule has 3 rings (SSSR count). The molecule has 5 heteroatoms. The largest absolute Gasteiger partial charge is 0.494 e. The first-order valence-electron chi connectivity index (χ1n) is 9.24. The number of benzene rings is 2. The van der Waals surface area contributed by atoms with Crippen LogP contribution in [-0.4, -0.2) is 25.6 Å². The minimum absolute atomic E-state index is 0.0667. The van der Waals surface area contributed by atoms with Crippen LogP contribution < -0.4 is 20.1 Å². The number of hydrogen-bond acceptors (Lipinski definition) is 4. The topological polar surface area (TPSA) is 59.6 Å². The van der Waals surface area contributed by atoms with Crippen molar-refractivity contribution in [3.63, 3.8) is 0 Å². The van der Waals surface area contributed by atoms with E-state index in [1.807, 2.05) is 55.5 Å². The van der Waals surface area contributed by atoms with Gasteiger partial charge in [0, 0.05) is 12.1 Å². The quantitative estimate of drug-likeness (QED) is 0.746. The highest BCUT2D eigenvalue weighted by Crippen LogP contribution is 2.25.